The van der Waals surface area contributed by atoms with Crippen LogP contribution in [0.15, 0.2) is 22.7 Å². The Kier molecular flexibility index (Phi) is 5.25. The van der Waals surface area contributed by atoms with Crippen LogP contribution in [0.5, 0.6) is 0 Å². The van der Waals surface area contributed by atoms with Gasteiger partial charge in [0.2, 0.25) is 0 Å². The molecule has 1 atom stereocenters. The summed E-state index contributed by atoms with van der Waals surface area (Å²) in [7, 11) is 0. The number of hydrogen-bond acceptors (Lipinski definition) is 3. The van der Waals surface area contributed by atoms with Crippen molar-refractivity contribution in [2.75, 3.05) is 31.9 Å². The highest BCUT2D eigenvalue weighted by molar-refractivity contribution is 9.10. The van der Waals surface area contributed by atoms with Crippen LogP contribution < -0.4 is 5.73 Å². The van der Waals surface area contributed by atoms with Gasteiger partial charge in [0.15, 0.2) is 0 Å². The van der Waals surface area contributed by atoms with E-state index in [-0.39, 0.29) is 0 Å². The molecule has 2 rings (SSSR count). The number of hydrogen-bond donors (Lipinski definition) is 1. The number of nitrogens with zero attached hydrogens (tertiary/aromatic N) is 2. The SMILES string of the molecule is CCC(C)N1CCN(Cc2ccc(N)c(Br)c2)CC1. The molecule has 0 amide bonds. The average Bonchev–Trinajstić information content (AvgIpc) is 2.43. The second kappa shape index (κ2) is 6.73. The van der Waals surface area contributed by atoms with Crippen molar-refractivity contribution in [1.29, 1.82) is 0 Å². The maximum Gasteiger partial charge on any atom is 0.0458 e. The van der Waals surface area contributed by atoms with Crippen molar-refractivity contribution in [1.82, 2.24) is 9.80 Å². The summed E-state index contributed by atoms with van der Waals surface area (Å²) in [5, 5.41) is 0. The van der Waals surface area contributed by atoms with Gasteiger partial charge in [0.05, 0.1) is 0 Å². The lowest BCUT2D eigenvalue weighted by Crippen LogP contribution is -2.48. The smallest absolute Gasteiger partial charge is 0.0458 e. The Bertz CT molecular complexity index is 414. The molecule has 2 N–H and O–H groups in total. The minimum atomic E-state index is 0.716. The molecule has 0 saturated carbocycles. The lowest BCUT2D eigenvalue weighted by atomic mass is 10.1. The summed E-state index contributed by atoms with van der Waals surface area (Å²) < 4.78 is 1.00. The summed E-state index contributed by atoms with van der Waals surface area (Å²) in [4.78, 5) is 5.12. The van der Waals surface area contributed by atoms with E-state index in [4.69, 9.17) is 5.73 Å². The van der Waals surface area contributed by atoms with E-state index in [2.05, 4.69) is 51.7 Å². The molecule has 1 aromatic rings. The topological polar surface area (TPSA) is 32.5 Å². The molecule has 3 nitrogen and oxygen atoms in total. The molecular weight excluding hydrogens is 302 g/mol. The molecule has 1 unspecified atom stereocenters. The first-order chi connectivity index (χ1) is 9.10. The molecule has 1 saturated heterocycles. The van der Waals surface area contributed by atoms with Crippen LogP contribution in [0.4, 0.5) is 5.69 Å². The van der Waals surface area contributed by atoms with Crippen LogP contribution in [0, 0.1) is 0 Å². The number of nitrogens with two attached hydrogens (primary N) is 1. The Morgan fingerprint density at radius 1 is 1.26 bits per heavy atom. The fraction of sp³-hybridized carbons (Fsp3) is 0.600. The molecule has 1 aromatic carbocycles. The largest absolute Gasteiger partial charge is 0.398 e. The maximum absolute atomic E-state index is 5.82. The molecule has 1 aliphatic heterocycles. The molecule has 0 radical (unpaired) electrons. The zero-order valence-electron chi connectivity index (χ0n) is 11.9. The van der Waals surface area contributed by atoms with Crippen LogP contribution in [-0.4, -0.2) is 42.0 Å². The van der Waals surface area contributed by atoms with E-state index in [9.17, 15) is 0 Å². The maximum atomic E-state index is 5.82. The summed E-state index contributed by atoms with van der Waals surface area (Å²) in [6.07, 6.45) is 1.24. The van der Waals surface area contributed by atoms with E-state index in [1.807, 2.05) is 6.07 Å². The zero-order chi connectivity index (χ0) is 13.8. The molecule has 19 heavy (non-hydrogen) atoms. The van der Waals surface area contributed by atoms with Crippen LogP contribution in [0.25, 0.3) is 0 Å². The number of nitrogen functional groups attached to an aromatic ring is 1. The number of rotatable bonds is 4. The van der Waals surface area contributed by atoms with Crippen molar-refractivity contribution in [3.63, 3.8) is 0 Å². The minimum absolute atomic E-state index is 0.716. The standard InChI is InChI=1S/C15H24BrN3/c1-3-12(2)19-8-6-18(7-9-19)11-13-4-5-15(17)14(16)10-13/h4-5,10,12H,3,6-9,11,17H2,1-2H3. The first-order valence-electron chi connectivity index (χ1n) is 7.10. The van der Waals surface area contributed by atoms with E-state index in [1.54, 1.807) is 0 Å². The molecule has 4 heteroatoms. The second-order valence-electron chi connectivity index (χ2n) is 5.43. The summed E-state index contributed by atoms with van der Waals surface area (Å²) >= 11 is 3.50. The van der Waals surface area contributed by atoms with Crippen LogP contribution in [-0.2, 0) is 6.54 Å². The first kappa shape index (κ1) is 14.8. The van der Waals surface area contributed by atoms with Gasteiger partial charge in [-0.1, -0.05) is 13.0 Å². The zero-order valence-corrected chi connectivity index (χ0v) is 13.5. The van der Waals surface area contributed by atoms with Crippen molar-refractivity contribution in [3.8, 4) is 0 Å². The third-order valence-electron chi connectivity index (χ3n) is 4.09. The van der Waals surface area contributed by atoms with Gasteiger partial charge in [0.1, 0.15) is 0 Å². The summed E-state index contributed by atoms with van der Waals surface area (Å²) in [5.74, 6) is 0. The van der Waals surface area contributed by atoms with Crippen molar-refractivity contribution >= 4 is 21.6 Å². The van der Waals surface area contributed by atoms with Gasteiger partial charge in [-0.15, -0.1) is 0 Å². The highest BCUT2D eigenvalue weighted by atomic mass is 79.9. The Morgan fingerprint density at radius 3 is 2.53 bits per heavy atom. The third kappa shape index (κ3) is 3.94. The van der Waals surface area contributed by atoms with Crippen molar-refractivity contribution in [3.05, 3.63) is 28.2 Å². The predicted molar refractivity (Wildman–Crippen MR) is 85.2 cm³/mol. The third-order valence-corrected chi connectivity index (χ3v) is 4.78. The van der Waals surface area contributed by atoms with Crippen LogP contribution >= 0.6 is 15.9 Å². The van der Waals surface area contributed by atoms with Crippen molar-refractivity contribution in [2.24, 2.45) is 0 Å². The quantitative estimate of drug-likeness (QED) is 0.864. The monoisotopic (exact) mass is 325 g/mol. The Balaban J connectivity index is 1.87. The second-order valence-corrected chi connectivity index (χ2v) is 6.28. The minimum Gasteiger partial charge on any atom is -0.398 e. The van der Waals surface area contributed by atoms with Gasteiger partial charge in [0.25, 0.3) is 0 Å². The number of halogens is 1. The van der Waals surface area contributed by atoms with E-state index in [1.165, 1.54) is 25.1 Å². The van der Waals surface area contributed by atoms with Gasteiger partial charge in [-0.05, 0) is 47.0 Å². The molecule has 1 aliphatic rings. The van der Waals surface area contributed by atoms with E-state index in [0.29, 0.717) is 6.04 Å². The number of piperazine rings is 1. The average molecular weight is 326 g/mol. The van der Waals surface area contributed by atoms with Crippen LogP contribution in [0.2, 0.25) is 0 Å². The normalized spacial score (nSPS) is 19.5. The van der Waals surface area contributed by atoms with Gasteiger partial charge < -0.3 is 5.73 Å². The van der Waals surface area contributed by atoms with E-state index in [0.717, 1.165) is 29.8 Å². The molecule has 0 bridgehead atoms. The van der Waals surface area contributed by atoms with Gasteiger partial charge >= 0.3 is 0 Å². The fourth-order valence-electron chi connectivity index (χ4n) is 2.55. The van der Waals surface area contributed by atoms with Crippen molar-refractivity contribution < 1.29 is 0 Å². The first-order valence-corrected chi connectivity index (χ1v) is 7.89. The number of anilines is 1. The van der Waals surface area contributed by atoms with E-state index < -0.39 is 0 Å². The van der Waals surface area contributed by atoms with Gasteiger partial charge in [-0.2, -0.15) is 0 Å². The highest BCUT2D eigenvalue weighted by Gasteiger charge is 2.19. The predicted octanol–water partition coefficient (Wildman–Crippen LogP) is 2.95. The molecule has 106 valence electrons. The summed E-state index contributed by atoms with van der Waals surface area (Å²) in [6.45, 7) is 10.3. The molecule has 0 spiro atoms. The molecule has 1 heterocycles. The Morgan fingerprint density at radius 2 is 1.95 bits per heavy atom. The molecular formula is C15H24BrN3. The summed E-state index contributed by atoms with van der Waals surface area (Å²) in [5.41, 5.74) is 7.96. The summed E-state index contributed by atoms with van der Waals surface area (Å²) in [6, 6.07) is 6.96. The number of benzene rings is 1. The van der Waals surface area contributed by atoms with Gasteiger partial charge in [0, 0.05) is 48.9 Å². The molecule has 1 fully saturated rings. The Hall–Kier alpha value is -0.580. The van der Waals surface area contributed by atoms with E-state index >= 15 is 0 Å². The molecule has 0 aromatic heterocycles. The molecule has 0 aliphatic carbocycles. The van der Waals surface area contributed by atoms with Crippen LogP contribution in [0.1, 0.15) is 25.8 Å². The lowest BCUT2D eigenvalue weighted by molar-refractivity contribution is 0.0963. The fourth-order valence-corrected chi connectivity index (χ4v) is 2.97. The Labute approximate surface area is 124 Å². The van der Waals surface area contributed by atoms with Crippen LogP contribution in [0.3, 0.4) is 0 Å². The highest BCUT2D eigenvalue weighted by Crippen LogP contribution is 2.21. The van der Waals surface area contributed by atoms with Crippen molar-refractivity contribution in [2.45, 2.75) is 32.9 Å². The lowest BCUT2D eigenvalue weighted by Gasteiger charge is -2.37. The van der Waals surface area contributed by atoms with Gasteiger partial charge in [-0.25, -0.2) is 0 Å². The van der Waals surface area contributed by atoms with Gasteiger partial charge in [-0.3, -0.25) is 9.80 Å².